The van der Waals surface area contributed by atoms with Crippen molar-refractivity contribution in [2.24, 2.45) is 0 Å². The average Bonchev–Trinajstić information content (AvgIpc) is 3.27. The molecule has 3 aromatic rings. The van der Waals surface area contributed by atoms with Crippen molar-refractivity contribution in [3.63, 3.8) is 0 Å². The molecular formula is C20H22N4OS2. The first-order chi connectivity index (χ1) is 13.3. The van der Waals surface area contributed by atoms with Gasteiger partial charge in [0.2, 0.25) is 5.91 Å². The van der Waals surface area contributed by atoms with E-state index in [0.29, 0.717) is 5.75 Å². The van der Waals surface area contributed by atoms with Crippen molar-refractivity contribution in [3.8, 4) is 11.4 Å². The minimum absolute atomic E-state index is 0.0220. The predicted molar refractivity (Wildman–Crippen MR) is 112 cm³/mol. The quantitative estimate of drug-likeness (QED) is 0.659. The third kappa shape index (κ3) is 4.59. The van der Waals surface area contributed by atoms with Crippen LogP contribution in [0.1, 0.15) is 30.0 Å². The molecule has 0 aliphatic carbocycles. The van der Waals surface area contributed by atoms with E-state index in [2.05, 4.69) is 31.5 Å². The smallest absolute Gasteiger partial charge is 0.234 e. The van der Waals surface area contributed by atoms with Crippen LogP contribution in [0.5, 0.6) is 0 Å². The largest absolute Gasteiger partial charge is 0.325 e. The molecule has 4 rings (SSSR count). The molecule has 0 spiro atoms. The number of carbonyl (C=O) groups is 1. The fraction of sp³-hybridized carbons (Fsp3) is 0.350. The Morgan fingerprint density at radius 3 is 3.04 bits per heavy atom. The molecule has 1 aromatic carbocycles. The zero-order valence-corrected chi connectivity index (χ0v) is 16.7. The molecule has 1 N–H and O–H groups in total. The highest BCUT2D eigenvalue weighted by molar-refractivity contribution is 7.99. The molecule has 1 amide bonds. The number of nitrogens with zero attached hydrogens (tertiary/aromatic N) is 3. The summed E-state index contributed by atoms with van der Waals surface area (Å²) in [5, 5.41) is 13.8. The molecule has 0 radical (unpaired) electrons. The van der Waals surface area contributed by atoms with Gasteiger partial charge in [-0.2, -0.15) is 0 Å². The summed E-state index contributed by atoms with van der Waals surface area (Å²) in [6.07, 6.45) is 4.57. The van der Waals surface area contributed by atoms with E-state index in [0.717, 1.165) is 48.0 Å². The Morgan fingerprint density at radius 2 is 2.15 bits per heavy atom. The van der Waals surface area contributed by atoms with Gasteiger partial charge in [0, 0.05) is 34.8 Å². The molecule has 1 aliphatic heterocycles. The molecule has 0 saturated carbocycles. The maximum atomic E-state index is 12.3. The molecule has 2 aromatic heterocycles. The fourth-order valence-electron chi connectivity index (χ4n) is 3.27. The van der Waals surface area contributed by atoms with Gasteiger partial charge in [-0.1, -0.05) is 24.6 Å². The molecule has 7 heteroatoms. The number of aromatic nitrogens is 3. The molecule has 0 saturated heterocycles. The van der Waals surface area contributed by atoms with Crippen molar-refractivity contribution in [1.29, 1.82) is 0 Å². The predicted octanol–water partition coefficient (Wildman–Crippen LogP) is 4.60. The van der Waals surface area contributed by atoms with E-state index in [4.69, 9.17) is 0 Å². The number of rotatable bonds is 6. The standard InChI is InChI=1S/C20H22N4OS2/c25-19(14-26-13-17-8-5-11-27-17)21-16-7-4-6-15(12-16)20-23-22-18-9-2-1-3-10-24(18)20/h4-8,11-12H,1-3,9-10,13-14H2,(H,21,25). The number of amides is 1. The monoisotopic (exact) mass is 398 g/mol. The molecule has 1 aliphatic rings. The van der Waals surface area contributed by atoms with E-state index < -0.39 is 0 Å². The summed E-state index contributed by atoms with van der Waals surface area (Å²) in [6.45, 7) is 0.966. The highest BCUT2D eigenvalue weighted by atomic mass is 32.2. The van der Waals surface area contributed by atoms with Crippen LogP contribution in [0.2, 0.25) is 0 Å². The number of anilines is 1. The SMILES string of the molecule is O=C(CSCc1cccs1)Nc1cccc(-c2nnc3n2CCCCC3)c1. The summed E-state index contributed by atoms with van der Waals surface area (Å²) in [5.41, 5.74) is 1.81. The van der Waals surface area contributed by atoms with E-state index in [-0.39, 0.29) is 5.91 Å². The average molecular weight is 399 g/mol. The van der Waals surface area contributed by atoms with Crippen molar-refractivity contribution in [2.75, 3.05) is 11.1 Å². The molecule has 0 atom stereocenters. The highest BCUT2D eigenvalue weighted by Gasteiger charge is 2.16. The highest BCUT2D eigenvalue weighted by Crippen LogP contribution is 2.25. The molecular weight excluding hydrogens is 376 g/mol. The first kappa shape index (κ1) is 18.3. The van der Waals surface area contributed by atoms with Gasteiger partial charge in [-0.25, -0.2) is 0 Å². The van der Waals surface area contributed by atoms with Crippen LogP contribution < -0.4 is 5.32 Å². The Hall–Kier alpha value is -2.12. The number of nitrogens with one attached hydrogen (secondary N) is 1. The van der Waals surface area contributed by atoms with Crippen LogP contribution in [0.15, 0.2) is 41.8 Å². The first-order valence-corrected chi connectivity index (χ1v) is 11.3. The third-order valence-corrected chi connectivity index (χ3v) is 6.61. The lowest BCUT2D eigenvalue weighted by atomic mass is 10.2. The molecule has 0 unspecified atom stereocenters. The van der Waals surface area contributed by atoms with Crippen LogP contribution in [0, 0.1) is 0 Å². The van der Waals surface area contributed by atoms with Crippen LogP contribution >= 0.6 is 23.1 Å². The molecule has 140 valence electrons. The summed E-state index contributed by atoms with van der Waals surface area (Å²) in [6, 6.07) is 12.0. The van der Waals surface area contributed by atoms with Crippen molar-refractivity contribution in [3.05, 3.63) is 52.5 Å². The van der Waals surface area contributed by atoms with Gasteiger partial charge in [0.05, 0.1) is 5.75 Å². The summed E-state index contributed by atoms with van der Waals surface area (Å²) < 4.78 is 2.23. The van der Waals surface area contributed by atoms with Crippen molar-refractivity contribution in [1.82, 2.24) is 14.8 Å². The molecule has 0 fully saturated rings. The van der Waals surface area contributed by atoms with E-state index in [1.54, 1.807) is 23.1 Å². The maximum absolute atomic E-state index is 12.3. The van der Waals surface area contributed by atoms with Gasteiger partial charge in [0.25, 0.3) is 0 Å². The number of carbonyl (C=O) groups excluding carboxylic acids is 1. The fourth-order valence-corrected chi connectivity index (χ4v) is 4.94. The summed E-state index contributed by atoms with van der Waals surface area (Å²) in [7, 11) is 0. The van der Waals surface area contributed by atoms with Crippen molar-refractivity contribution in [2.45, 2.75) is 38.0 Å². The van der Waals surface area contributed by atoms with E-state index >= 15 is 0 Å². The lowest BCUT2D eigenvalue weighted by molar-refractivity contribution is -0.113. The van der Waals surface area contributed by atoms with Crippen LogP contribution in [-0.4, -0.2) is 26.4 Å². The number of benzene rings is 1. The summed E-state index contributed by atoms with van der Waals surface area (Å²) in [5.74, 6) is 3.31. The number of hydrogen-bond acceptors (Lipinski definition) is 5. The Labute approximate surface area is 167 Å². The van der Waals surface area contributed by atoms with Crippen LogP contribution in [0.4, 0.5) is 5.69 Å². The number of fused-ring (bicyclic) bond motifs is 1. The van der Waals surface area contributed by atoms with Gasteiger partial charge in [0.1, 0.15) is 5.82 Å². The number of aryl methyl sites for hydroxylation is 1. The molecule has 3 heterocycles. The first-order valence-electron chi connectivity index (χ1n) is 9.22. The lowest BCUT2D eigenvalue weighted by Crippen LogP contribution is -2.14. The van der Waals surface area contributed by atoms with E-state index in [1.807, 2.05) is 30.3 Å². The van der Waals surface area contributed by atoms with Gasteiger partial charge in [0.15, 0.2) is 5.82 Å². The normalized spacial score (nSPS) is 13.8. The second-order valence-corrected chi connectivity index (χ2v) is 8.62. The minimum Gasteiger partial charge on any atom is -0.325 e. The maximum Gasteiger partial charge on any atom is 0.234 e. The lowest BCUT2D eigenvalue weighted by Gasteiger charge is -2.09. The molecule has 5 nitrogen and oxygen atoms in total. The van der Waals surface area contributed by atoms with Crippen molar-refractivity contribution < 1.29 is 4.79 Å². The zero-order chi connectivity index (χ0) is 18.5. The minimum atomic E-state index is 0.0220. The Balaban J connectivity index is 1.40. The zero-order valence-electron chi connectivity index (χ0n) is 15.1. The number of thiophene rings is 1. The van der Waals surface area contributed by atoms with Crippen LogP contribution in [-0.2, 0) is 23.5 Å². The van der Waals surface area contributed by atoms with Gasteiger partial charge >= 0.3 is 0 Å². The van der Waals surface area contributed by atoms with Gasteiger partial charge < -0.3 is 9.88 Å². The second-order valence-electron chi connectivity index (χ2n) is 6.60. The van der Waals surface area contributed by atoms with Gasteiger partial charge in [-0.15, -0.1) is 33.3 Å². The van der Waals surface area contributed by atoms with Crippen LogP contribution in [0.3, 0.4) is 0 Å². The van der Waals surface area contributed by atoms with E-state index in [1.165, 1.54) is 17.7 Å². The molecule has 27 heavy (non-hydrogen) atoms. The topological polar surface area (TPSA) is 59.8 Å². The Morgan fingerprint density at radius 1 is 1.19 bits per heavy atom. The van der Waals surface area contributed by atoms with Crippen molar-refractivity contribution >= 4 is 34.7 Å². The summed E-state index contributed by atoms with van der Waals surface area (Å²) in [4.78, 5) is 13.5. The Bertz CT molecular complexity index is 905. The van der Waals surface area contributed by atoms with Gasteiger partial charge in [-0.3, -0.25) is 4.79 Å². The van der Waals surface area contributed by atoms with Crippen LogP contribution in [0.25, 0.3) is 11.4 Å². The Kier molecular flexibility index (Phi) is 5.89. The third-order valence-electron chi connectivity index (χ3n) is 4.57. The number of thioether (sulfide) groups is 1. The molecule has 0 bridgehead atoms. The van der Waals surface area contributed by atoms with E-state index in [9.17, 15) is 4.79 Å². The van der Waals surface area contributed by atoms with Gasteiger partial charge in [-0.05, 0) is 36.4 Å². The summed E-state index contributed by atoms with van der Waals surface area (Å²) >= 11 is 3.36. The second kappa shape index (κ2) is 8.71. The number of hydrogen-bond donors (Lipinski definition) is 1.